The maximum Gasteiger partial charge on any atom is 0.234 e. The first kappa shape index (κ1) is 11.6. The molecule has 0 spiro atoms. The molecule has 2 amide bonds. The number of imide groups is 1. The minimum atomic E-state index is -0.303. The van der Waals surface area contributed by atoms with Crippen molar-refractivity contribution in [2.45, 2.75) is 18.8 Å². The van der Waals surface area contributed by atoms with Crippen molar-refractivity contribution in [3.8, 4) is 0 Å². The summed E-state index contributed by atoms with van der Waals surface area (Å²) in [6.45, 7) is 0. The number of carbonyl (C=O) groups excluding carboxylic acids is 2. The highest BCUT2D eigenvalue weighted by Crippen LogP contribution is 2.32. The predicted molar refractivity (Wildman–Crippen MR) is 71.3 cm³/mol. The molecule has 3 rings (SSSR count). The van der Waals surface area contributed by atoms with Crippen LogP contribution in [-0.2, 0) is 9.59 Å². The Bertz CT molecular complexity index is 681. The number of benzene rings is 1. The van der Waals surface area contributed by atoms with Crippen molar-refractivity contribution in [2.75, 3.05) is 5.73 Å². The average Bonchev–Trinajstić information content (AvgIpc) is 2.41. The molecule has 5 heteroatoms. The smallest absolute Gasteiger partial charge is 0.234 e. The van der Waals surface area contributed by atoms with E-state index in [0.29, 0.717) is 18.5 Å². The number of anilines is 1. The maximum atomic E-state index is 12.0. The van der Waals surface area contributed by atoms with Gasteiger partial charge in [-0.1, -0.05) is 6.07 Å². The van der Waals surface area contributed by atoms with E-state index in [4.69, 9.17) is 5.73 Å². The van der Waals surface area contributed by atoms with E-state index in [1.807, 2.05) is 12.1 Å². The molecule has 1 fully saturated rings. The largest absolute Gasteiger partial charge is 0.398 e. The first-order valence-electron chi connectivity index (χ1n) is 6.12. The molecule has 2 heterocycles. The van der Waals surface area contributed by atoms with Crippen molar-refractivity contribution in [3.63, 3.8) is 0 Å². The van der Waals surface area contributed by atoms with Crippen LogP contribution in [0, 0.1) is 0 Å². The van der Waals surface area contributed by atoms with Crippen molar-refractivity contribution in [3.05, 3.63) is 36.2 Å². The van der Waals surface area contributed by atoms with Crippen LogP contribution < -0.4 is 11.1 Å². The van der Waals surface area contributed by atoms with Crippen molar-refractivity contribution >= 4 is 28.3 Å². The monoisotopic (exact) mass is 255 g/mol. The van der Waals surface area contributed by atoms with Crippen LogP contribution in [0.3, 0.4) is 0 Å². The zero-order valence-corrected chi connectivity index (χ0v) is 10.2. The molecule has 3 N–H and O–H groups in total. The van der Waals surface area contributed by atoms with Crippen molar-refractivity contribution in [2.24, 2.45) is 0 Å². The van der Waals surface area contributed by atoms with Crippen LogP contribution in [-0.4, -0.2) is 16.8 Å². The standard InChI is InChI=1S/C14H13N3O2/c15-12-3-1-8(9-5-6-16-7-11(9)12)10-2-4-13(18)17-14(10)19/h1,3,5-7,10H,2,4,15H2,(H,17,18,19). The van der Waals surface area contributed by atoms with Crippen LogP contribution in [0.4, 0.5) is 5.69 Å². The quantitative estimate of drug-likeness (QED) is 0.594. The van der Waals surface area contributed by atoms with Crippen molar-refractivity contribution in [1.82, 2.24) is 10.3 Å². The van der Waals surface area contributed by atoms with Crippen LogP contribution in [0.1, 0.15) is 24.3 Å². The van der Waals surface area contributed by atoms with E-state index in [1.165, 1.54) is 0 Å². The Labute approximate surface area is 109 Å². The van der Waals surface area contributed by atoms with Crippen LogP contribution >= 0.6 is 0 Å². The molecule has 96 valence electrons. The number of piperidine rings is 1. The first-order valence-corrected chi connectivity index (χ1v) is 6.12. The van der Waals surface area contributed by atoms with Gasteiger partial charge < -0.3 is 5.73 Å². The molecule has 5 nitrogen and oxygen atoms in total. The Morgan fingerprint density at radius 3 is 2.84 bits per heavy atom. The number of hydrogen-bond acceptors (Lipinski definition) is 4. The summed E-state index contributed by atoms with van der Waals surface area (Å²) in [4.78, 5) is 27.2. The second-order valence-electron chi connectivity index (χ2n) is 4.67. The van der Waals surface area contributed by atoms with E-state index in [0.717, 1.165) is 16.3 Å². The number of aromatic nitrogens is 1. The molecule has 1 unspecified atom stereocenters. The lowest BCUT2D eigenvalue weighted by Crippen LogP contribution is -2.39. The predicted octanol–water partition coefficient (Wildman–Crippen LogP) is 1.34. The summed E-state index contributed by atoms with van der Waals surface area (Å²) < 4.78 is 0. The van der Waals surface area contributed by atoms with E-state index >= 15 is 0 Å². The third-order valence-corrected chi connectivity index (χ3v) is 3.50. The molecule has 1 aliphatic heterocycles. The number of nitrogens with zero attached hydrogens (tertiary/aromatic N) is 1. The molecule has 0 radical (unpaired) electrons. The molecular formula is C14H13N3O2. The molecular weight excluding hydrogens is 242 g/mol. The zero-order chi connectivity index (χ0) is 13.4. The summed E-state index contributed by atoms with van der Waals surface area (Å²) in [7, 11) is 0. The molecule has 0 saturated carbocycles. The van der Waals surface area contributed by atoms with Gasteiger partial charge in [0.05, 0.1) is 5.92 Å². The molecule has 1 aliphatic rings. The fourth-order valence-electron chi connectivity index (χ4n) is 2.53. The van der Waals surface area contributed by atoms with Gasteiger partial charge in [-0.2, -0.15) is 0 Å². The number of nitrogens with one attached hydrogen (secondary N) is 1. The molecule has 0 aliphatic carbocycles. The number of hydrogen-bond donors (Lipinski definition) is 2. The van der Waals surface area contributed by atoms with Crippen LogP contribution in [0.25, 0.3) is 10.8 Å². The Hall–Kier alpha value is -2.43. The highest BCUT2D eigenvalue weighted by atomic mass is 16.2. The summed E-state index contributed by atoms with van der Waals surface area (Å²) in [6, 6.07) is 5.49. The maximum absolute atomic E-state index is 12.0. The van der Waals surface area contributed by atoms with Gasteiger partial charge in [0.25, 0.3) is 0 Å². The SMILES string of the molecule is Nc1ccc(C2CCC(=O)NC2=O)c2ccncc12. The fourth-order valence-corrected chi connectivity index (χ4v) is 2.53. The Balaban J connectivity index is 2.13. The van der Waals surface area contributed by atoms with Gasteiger partial charge in [0.1, 0.15) is 0 Å². The van der Waals surface area contributed by atoms with Gasteiger partial charge >= 0.3 is 0 Å². The minimum Gasteiger partial charge on any atom is -0.398 e. The number of pyridine rings is 1. The minimum absolute atomic E-state index is 0.206. The molecule has 1 aromatic heterocycles. The molecule has 1 atom stereocenters. The molecule has 19 heavy (non-hydrogen) atoms. The highest BCUT2D eigenvalue weighted by Gasteiger charge is 2.29. The normalized spacial score (nSPS) is 19.5. The van der Waals surface area contributed by atoms with Gasteiger partial charge in [0, 0.05) is 29.9 Å². The van der Waals surface area contributed by atoms with Gasteiger partial charge in [0.2, 0.25) is 11.8 Å². The van der Waals surface area contributed by atoms with E-state index < -0.39 is 0 Å². The number of nitrogen functional groups attached to an aromatic ring is 1. The van der Waals surface area contributed by atoms with E-state index in [9.17, 15) is 9.59 Å². The molecule has 1 saturated heterocycles. The van der Waals surface area contributed by atoms with E-state index in [-0.39, 0.29) is 17.7 Å². The Kier molecular flexibility index (Phi) is 2.67. The lowest BCUT2D eigenvalue weighted by Gasteiger charge is -2.22. The van der Waals surface area contributed by atoms with Gasteiger partial charge in [-0.15, -0.1) is 0 Å². The average molecular weight is 255 g/mol. The lowest BCUT2D eigenvalue weighted by atomic mass is 9.87. The Morgan fingerprint density at radius 1 is 1.21 bits per heavy atom. The second-order valence-corrected chi connectivity index (χ2v) is 4.67. The molecule has 2 aromatic rings. The second kappa shape index (κ2) is 4.35. The zero-order valence-electron chi connectivity index (χ0n) is 10.2. The Morgan fingerprint density at radius 2 is 2.05 bits per heavy atom. The first-order chi connectivity index (χ1) is 9.16. The third kappa shape index (κ3) is 1.93. The van der Waals surface area contributed by atoms with Crippen LogP contribution in [0.2, 0.25) is 0 Å². The summed E-state index contributed by atoms with van der Waals surface area (Å²) in [5.41, 5.74) is 7.45. The summed E-state index contributed by atoms with van der Waals surface area (Å²) >= 11 is 0. The van der Waals surface area contributed by atoms with Crippen LogP contribution in [0.5, 0.6) is 0 Å². The fraction of sp³-hybridized carbons (Fsp3) is 0.214. The number of amides is 2. The van der Waals surface area contributed by atoms with Crippen molar-refractivity contribution < 1.29 is 9.59 Å². The summed E-state index contributed by atoms with van der Waals surface area (Å²) in [5.74, 6) is -0.745. The summed E-state index contributed by atoms with van der Waals surface area (Å²) in [6.07, 6.45) is 4.27. The van der Waals surface area contributed by atoms with Gasteiger partial charge in [0.15, 0.2) is 0 Å². The number of rotatable bonds is 1. The van der Waals surface area contributed by atoms with E-state index in [2.05, 4.69) is 10.3 Å². The number of fused-ring (bicyclic) bond motifs is 1. The molecule has 0 bridgehead atoms. The highest BCUT2D eigenvalue weighted by molar-refractivity contribution is 6.04. The van der Waals surface area contributed by atoms with E-state index in [1.54, 1.807) is 18.5 Å². The lowest BCUT2D eigenvalue weighted by molar-refractivity contribution is -0.134. The number of carbonyl (C=O) groups is 2. The number of nitrogens with two attached hydrogens (primary N) is 1. The third-order valence-electron chi connectivity index (χ3n) is 3.50. The van der Waals surface area contributed by atoms with Gasteiger partial charge in [-0.3, -0.25) is 19.9 Å². The van der Waals surface area contributed by atoms with Gasteiger partial charge in [-0.05, 0) is 29.5 Å². The topological polar surface area (TPSA) is 85.1 Å². The molecule has 1 aromatic carbocycles. The van der Waals surface area contributed by atoms with Gasteiger partial charge in [-0.25, -0.2) is 0 Å². The van der Waals surface area contributed by atoms with Crippen molar-refractivity contribution in [1.29, 1.82) is 0 Å². The van der Waals surface area contributed by atoms with Crippen LogP contribution in [0.15, 0.2) is 30.6 Å². The summed E-state index contributed by atoms with van der Waals surface area (Å²) in [5, 5.41) is 4.14.